The summed E-state index contributed by atoms with van der Waals surface area (Å²) in [6.07, 6.45) is 5.33. The van der Waals surface area contributed by atoms with Gasteiger partial charge in [0.25, 0.3) is 0 Å². The molecule has 27 heavy (non-hydrogen) atoms. The summed E-state index contributed by atoms with van der Waals surface area (Å²) in [6.45, 7) is 2.12. The van der Waals surface area contributed by atoms with Gasteiger partial charge < -0.3 is 15.2 Å². The van der Waals surface area contributed by atoms with Crippen molar-refractivity contribution in [3.63, 3.8) is 0 Å². The summed E-state index contributed by atoms with van der Waals surface area (Å²) in [5.41, 5.74) is 3.75. The van der Waals surface area contributed by atoms with Crippen LogP contribution in [0.5, 0.6) is 0 Å². The molecule has 5 nitrogen and oxygen atoms in total. The van der Waals surface area contributed by atoms with Crippen molar-refractivity contribution in [2.24, 2.45) is 5.92 Å². The van der Waals surface area contributed by atoms with Crippen LogP contribution in [-0.2, 0) is 4.74 Å². The van der Waals surface area contributed by atoms with Gasteiger partial charge in [0.2, 0.25) is 0 Å². The number of benzene rings is 2. The minimum atomic E-state index is -0.937. The molecule has 0 saturated heterocycles. The number of carboxylic acid groups (broad SMARTS) is 1. The van der Waals surface area contributed by atoms with E-state index in [4.69, 9.17) is 9.84 Å². The largest absolute Gasteiger partial charge is 0.478 e. The smallest absolute Gasteiger partial charge is 0.340 e. The second kappa shape index (κ2) is 6.91. The number of hydrogen-bond acceptors (Lipinski definition) is 4. The molecule has 3 unspecified atom stereocenters. The lowest BCUT2D eigenvalue weighted by molar-refractivity contribution is 0.0526. The number of allylic oxidation sites excluding steroid dienone is 2. The first kappa shape index (κ1) is 17.3. The van der Waals surface area contributed by atoms with Gasteiger partial charge in [-0.3, -0.25) is 0 Å². The van der Waals surface area contributed by atoms with E-state index in [2.05, 4.69) is 23.5 Å². The number of para-hydroxylation sites is 1. The summed E-state index contributed by atoms with van der Waals surface area (Å²) in [4.78, 5) is 23.6. The molecule has 1 aliphatic heterocycles. The van der Waals surface area contributed by atoms with Gasteiger partial charge >= 0.3 is 11.9 Å². The molecule has 0 amide bonds. The standard InChI is InChI=1S/C22H21NO4/c1-2-27-22(26)18-8-4-7-17-15-5-3-6-16(15)19(23-20(17)18)13-9-11-14(12-10-13)21(24)25/h3-5,7-12,15-16,19,23H,2,6H2,1H3,(H,24,25). The molecule has 1 heterocycles. The van der Waals surface area contributed by atoms with Crippen LogP contribution in [0.2, 0.25) is 0 Å². The predicted molar refractivity (Wildman–Crippen MR) is 102 cm³/mol. The quantitative estimate of drug-likeness (QED) is 0.622. The molecule has 1 aliphatic carbocycles. The summed E-state index contributed by atoms with van der Waals surface area (Å²) >= 11 is 0. The van der Waals surface area contributed by atoms with Crippen LogP contribution in [0.3, 0.4) is 0 Å². The van der Waals surface area contributed by atoms with Gasteiger partial charge in [-0.15, -0.1) is 0 Å². The monoisotopic (exact) mass is 363 g/mol. The second-order valence-electron chi connectivity index (χ2n) is 6.89. The van der Waals surface area contributed by atoms with Crippen molar-refractivity contribution in [2.75, 3.05) is 11.9 Å². The Morgan fingerprint density at radius 3 is 2.67 bits per heavy atom. The Bertz CT molecular complexity index is 916. The number of carboxylic acids is 1. The molecule has 2 aromatic carbocycles. The maximum atomic E-state index is 12.4. The number of aromatic carboxylic acids is 1. The van der Waals surface area contributed by atoms with E-state index in [-0.39, 0.29) is 23.5 Å². The molecule has 138 valence electrons. The fourth-order valence-electron chi connectivity index (χ4n) is 4.16. The van der Waals surface area contributed by atoms with E-state index in [0.717, 1.165) is 23.2 Å². The van der Waals surface area contributed by atoms with Crippen molar-refractivity contribution in [3.05, 3.63) is 76.9 Å². The number of anilines is 1. The maximum Gasteiger partial charge on any atom is 0.340 e. The van der Waals surface area contributed by atoms with Gasteiger partial charge in [-0.25, -0.2) is 9.59 Å². The minimum absolute atomic E-state index is 0.00378. The van der Waals surface area contributed by atoms with Crippen molar-refractivity contribution in [2.45, 2.75) is 25.3 Å². The van der Waals surface area contributed by atoms with Crippen molar-refractivity contribution in [1.82, 2.24) is 0 Å². The molecular formula is C22H21NO4. The minimum Gasteiger partial charge on any atom is -0.478 e. The van der Waals surface area contributed by atoms with Crippen LogP contribution in [0.25, 0.3) is 0 Å². The number of carbonyl (C=O) groups is 2. The molecular weight excluding hydrogens is 342 g/mol. The fourth-order valence-corrected chi connectivity index (χ4v) is 4.16. The first-order valence-electron chi connectivity index (χ1n) is 9.16. The van der Waals surface area contributed by atoms with E-state index < -0.39 is 5.97 Å². The molecule has 4 rings (SSSR count). The van der Waals surface area contributed by atoms with Crippen LogP contribution < -0.4 is 5.32 Å². The van der Waals surface area contributed by atoms with E-state index in [1.165, 1.54) is 0 Å². The van der Waals surface area contributed by atoms with Crippen LogP contribution >= 0.6 is 0 Å². The van der Waals surface area contributed by atoms with Crippen molar-refractivity contribution < 1.29 is 19.4 Å². The molecule has 2 aliphatic rings. The van der Waals surface area contributed by atoms with E-state index in [0.29, 0.717) is 18.1 Å². The highest BCUT2D eigenvalue weighted by atomic mass is 16.5. The lowest BCUT2D eigenvalue weighted by Gasteiger charge is -2.38. The molecule has 0 radical (unpaired) electrons. The summed E-state index contributed by atoms with van der Waals surface area (Å²) in [6, 6.07) is 12.7. The molecule has 0 aromatic heterocycles. The molecule has 2 N–H and O–H groups in total. The van der Waals surface area contributed by atoms with Gasteiger partial charge in [0, 0.05) is 5.92 Å². The number of nitrogens with one attached hydrogen (secondary N) is 1. The Hall–Kier alpha value is -3.08. The third-order valence-corrected chi connectivity index (χ3v) is 5.41. The highest BCUT2D eigenvalue weighted by molar-refractivity contribution is 5.97. The summed E-state index contributed by atoms with van der Waals surface area (Å²) in [5, 5.41) is 12.7. The highest BCUT2D eigenvalue weighted by Gasteiger charge is 2.39. The summed E-state index contributed by atoms with van der Waals surface area (Å²) < 4.78 is 5.23. The van der Waals surface area contributed by atoms with Gasteiger partial charge in [0.1, 0.15) is 0 Å². The van der Waals surface area contributed by atoms with Gasteiger partial charge in [0.15, 0.2) is 0 Å². The molecule has 2 aromatic rings. The lowest BCUT2D eigenvalue weighted by atomic mass is 9.76. The average Bonchev–Trinajstić information content (AvgIpc) is 3.17. The molecule has 3 atom stereocenters. The Balaban J connectivity index is 1.75. The van der Waals surface area contributed by atoms with E-state index in [1.54, 1.807) is 25.1 Å². The zero-order valence-corrected chi connectivity index (χ0v) is 15.0. The number of carbonyl (C=O) groups excluding carboxylic acids is 1. The van der Waals surface area contributed by atoms with Crippen LogP contribution in [-0.4, -0.2) is 23.7 Å². The highest BCUT2D eigenvalue weighted by Crippen LogP contribution is 2.50. The van der Waals surface area contributed by atoms with Crippen molar-refractivity contribution >= 4 is 17.6 Å². The van der Waals surface area contributed by atoms with E-state index >= 15 is 0 Å². The van der Waals surface area contributed by atoms with Gasteiger partial charge in [-0.05, 0) is 48.6 Å². The summed E-state index contributed by atoms with van der Waals surface area (Å²) in [5.74, 6) is -0.721. The van der Waals surface area contributed by atoms with Crippen LogP contribution in [0, 0.1) is 5.92 Å². The number of fused-ring (bicyclic) bond motifs is 3. The zero-order chi connectivity index (χ0) is 19.0. The van der Waals surface area contributed by atoms with Crippen LogP contribution in [0.15, 0.2) is 54.6 Å². The Labute approximate surface area is 157 Å². The predicted octanol–water partition coefficient (Wildman–Crippen LogP) is 4.39. The molecule has 5 heteroatoms. The fraction of sp³-hybridized carbons (Fsp3) is 0.273. The topological polar surface area (TPSA) is 75.6 Å². The van der Waals surface area contributed by atoms with Gasteiger partial charge in [0.05, 0.1) is 29.5 Å². The molecule has 0 saturated carbocycles. The van der Waals surface area contributed by atoms with Crippen LogP contribution in [0.1, 0.15) is 57.1 Å². The third kappa shape index (κ3) is 2.99. The van der Waals surface area contributed by atoms with E-state index in [1.807, 2.05) is 18.2 Å². The molecule has 0 spiro atoms. The number of rotatable bonds is 4. The molecule has 0 fully saturated rings. The average molecular weight is 363 g/mol. The normalized spacial score (nSPS) is 22.5. The zero-order valence-electron chi connectivity index (χ0n) is 15.0. The Morgan fingerprint density at radius 1 is 1.19 bits per heavy atom. The lowest BCUT2D eigenvalue weighted by Crippen LogP contribution is -2.30. The molecule has 0 bridgehead atoms. The second-order valence-corrected chi connectivity index (χ2v) is 6.89. The van der Waals surface area contributed by atoms with Crippen molar-refractivity contribution in [3.8, 4) is 0 Å². The number of hydrogen-bond donors (Lipinski definition) is 2. The van der Waals surface area contributed by atoms with Crippen molar-refractivity contribution in [1.29, 1.82) is 0 Å². The Kier molecular flexibility index (Phi) is 4.44. The SMILES string of the molecule is CCOC(=O)c1cccc2c1NC(c1ccc(C(=O)O)cc1)C1CC=CC21. The first-order chi connectivity index (χ1) is 13.1. The maximum absolute atomic E-state index is 12.4. The van der Waals surface area contributed by atoms with E-state index in [9.17, 15) is 9.59 Å². The summed E-state index contributed by atoms with van der Waals surface area (Å²) in [7, 11) is 0. The number of ether oxygens (including phenoxy) is 1. The van der Waals surface area contributed by atoms with Gasteiger partial charge in [-0.2, -0.15) is 0 Å². The van der Waals surface area contributed by atoms with Crippen LogP contribution in [0.4, 0.5) is 5.69 Å². The third-order valence-electron chi connectivity index (χ3n) is 5.41. The first-order valence-corrected chi connectivity index (χ1v) is 9.16. The van der Waals surface area contributed by atoms with Gasteiger partial charge in [-0.1, -0.05) is 36.4 Å². The number of esters is 1. The Morgan fingerprint density at radius 2 is 1.96 bits per heavy atom.